The van der Waals surface area contributed by atoms with Gasteiger partial charge >= 0.3 is 0 Å². The summed E-state index contributed by atoms with van der Waals surface area (Å²) in [5, 5.41) is 9.21. The maximum Gasteiger partial charge on any atom is 0.0622 e. The molecule has 1 unspecified atom stereocenters. The average molecular weight is 255 g/mol. The second kappa shape index (κ2) is 6.57. The number of hydrogen-bond acceptors (Lipinski definition) is 1. The van der Waals surface area contributed by atoms with Gasteiger partial charge in [0.15, 0.2) is 0 Å². The molecule has 1 atom stereocenters. The van der Waals surface area contributed by atoms with Crippen molar-refractivity contribution in [3.63, 3.8) is 0 Å². The topological polar surface area (TPSA) is 23.8 Å². The fourth-order valence-corrected chi connectivity index (χ4v) is 2.11. The number of nitriles is 1. The van der Waals surface area contributed by atoms with Gasteiger partial charge in [-0.05, 0) is 12.8 Å². The fourth-order valence-electron chi connectivity index (χ4n) is 0.484. The Hall–Kier alpha value is 0.450. The molecule has 0 aliphatic carbocycles. The van der Waals surface area contributed by atoms with Crippen LogP contribution in [0.5, 0.6) is 0 Å². The Balaban J connectivity index is 3.07. The number of nitrogens with zero attached hydrogens (tertiary/aromatic N) is 1. The highest BCUT2D eigenvalue weighted by Gasteiger charge is 2.00. The largest absolute Gasteiger partial charge is 0.198 e. The first kappa shape index (κ1) is 9.45. The molecule has 0 saturated carbocycles. The maximum absolute atomic E-state index is 8.20. The highest BCUT2D eigenvalue weighted by molar-refractivity contribution is 9.10. The van der Waals surface area contributed by atoms with E-state index < -0.39 is 0 Å². The van der Waals surface area contributed by atoms with Crippen molar-refractivity contribution in [1.29, 1.82) is 5.26 Å². The van der Waals surface area contributed by atoms with Crippen molar-refractivity contribution >= 4 is 31.9 Å². The summed E-state index contributed by atoms with van der Waals surface area (Å²) in [4.78, 5) is 0.511. The minimum atomic E-state index is 0.511. The van der Waals surface area contributed by atoms with E-state index in [1.165, 1.54) is 0 Å². The van der Waals surface area contributed by atoms with Gasteiger partial charge in [-0.1, -0.05) is 31.9 Å². The minimum absolute atomic E-state index is 0.511. The Labute approximate surface area is 72.7 Å². The minimum Gasteiger partial charge on any atom is -0.198 e. The molecule has 1 nitrogen and oxygen atoms in total. The molecule has 0 amide bonds. The number of rotatable bonds is 4. The Morgan fingerprint density at radius 3 is 2.56 bits per heavy atom. The van der Waals surface area contributed by atoms with E-state index in [1.807, 2.05) is 0 Å². The van der Waals surface area contributed by atoms with Gasteiger partial charge in [0.1, 0.15) is 0 Å². The second-order valence-electron chi connectivity index (χ2n) is 1.77. The van der Waals surface area contributed by atoms with Crippen molar-refractivity contribution in [2.45, 2.75) is 24.1 Å². The zero-order valence-electron chi connectivity index (χ0n) is 5.11. The van der Waals surface area contributed by atoms with Gasteiger partial charge in [0.05, 0.1) is 6.07 Å². The van der Waals surface area contributed by atoms with Crippen molar-refractivity contribution in [3.8, 4) is 6.07 Å². The zero-order chi connectivity index (χ0) is 7.11. The molecular formula is C6H9Br2N. The SMILES string of the molecule is N#CCCC(Br)CCBr. The van der Waals surface area contributed by atoms with E-state index in [0.29, 0.717) is 11.2 Å². The Kier molecular flexibility index (Phi) is 6.90. The van der Waals surface area contributed by atoms with Gasteiger partial charge in [-0.2, -0.15) is 5.26 Å². The molecule has 0 N–H and O–H groups in total. The molecule has 0 aliphatic heterocycles. The van der Waals surface area contributed by atoms with Gasteiger partial charge in [-0.25, -0.2) is 0 Å². The molecule has 0 fully saturated rings. The monoisotopic (exact) mass is 253 g/mol. The summed E-state index contributed by atoms with van der Waals surface area (Å²) in [6, 6.07) is 2.11. The normalized spacial score (nSPS) is 12.6. The van der Waals surface area contributed by atoms with E-state index in [2.05, 4.69) is 37.9 Å². The predicted molar refractivity (Wildman–Crippen MR) is 46.0 cm³/mol. The summed E-state index contributed by atoms with van der Waals surface area (Å²) in [6.07, 6.45) is 2.71. The lowest BCUT2D eigenvalue weighted by molar-refractivity contribution is 0.773. The van der Waals surface area contributed by atoms with Gasteiger partial charge in [-0.3, -0.25) is 0 Å². The van der Waals surface area contributed by atoms with Crippen LogP contribution in [0.25, 0.3) is 0 Å². The third-order valence-corrected chi connectivity index (χ3v) is 2.37. The Bertz CT molecular complexity index is 97.7. The predicted octanol–water partition coefficient (Wildman–Crippen LogP) is 2.84. The molecule has 3 heteroatoms. The molecule has 0 aromatic carbocycles. The standard InChI is InChI=1S/C6H9Br2N/c7-4-3-6(8)2-1-5-9/h6H,1-4H2. The Morgan fingerprint density at radius 1 is 1.44 bits per heavy atom. The van der Waals surface area contributed by atoms with Crippen LogP contribution >= 0.6 is 31.9 Å². The van der Waals surface area contributed by atoms with Gasteiger partial charge in [0, 0.05) is 16.6 Å². The summed E-state index contributed by atoms with van der Waals surface area (Å²) in [7, 11) is 0. The lowest BCUT2D eigenvalue weighted by atomic mass is 10.2. The lowest BCUT2D eigenvalue weighted by Gasteiger charge is -2.01. The van der Waals surface area contributed by atoms with Crippen LogP contribution in [0.4, 0.5) is 0 Å². The van der Waals surface area contributed by atoms with E-state index in [4.69, 9.17) is 5.26 Å². The van der Waals surface area contributed by atoms with Gasteiger partial charge < -0.3 is 0 Å². The van der Waals surface area contributed by atoms with Crippen LogP contribution in [-0.2, 0) is 0 Å². The average Bonchev–Trinajstić information content (AvgIpc) is 1.85. The number of halogens is 2. The molecule has 0 aliphatic rings. The molecule has 0 spiro atoms. The van der Waals surface area contributed by atoms with Crippen LogP contribution in [0.1, 0.15) is 19.3 Å². The Morgan fingerprint density at radius 2 is 2.11 bits per heavy atom. The third-order valence-electron chi connectivity index (χ3n) is 0.992. The fraction of sp³-hybridized carbons (Fsp3) is 0.833. The first-order valence-electron chi connectivity index (χ1n) is 2.88. The zero-order valence-corrected chi connectivity index (χ0v) is 8.28. The van der Waals surface area contributed by atoms with Crippen molar-refractivity contribution < 1.29 is 0 Å². The van der Waals surface area contributed by atoms with Gasteiger partial charge in [0.2, 0.25) is 0 Å². The van der Waals surface area contributed by atoms with Crippen LogP contribution in [0.3, 0.4) is 0 Å². The van der Waals surface area contributed by atoms with E-state index in [0.717, 1.165) is 18.2 Å². The summed E-state index contributed by atoms with van der Waals surface area (Å²) < 4.78 is 0. The number of hydrogen-bond donors (Lipinski definition) is 0. The molecular weight excluding hydrogens is 246 g/mol. The first-order valence-corrected chi connectivity index (χ1v) is 4.92. The summed E-state index contributed by atoms with van der Waals surface area (Å²) in [5.74, 6) is 0. The van der Waals surface area contributed by atoms with Crippen LogP contribution in [-0.4, -0.2) is 10.2 Å². The molecule has 0 bridgehead atoms. The van der Waals surface area contributed by atoms with Crippen LogP contribution < -0.4 is 0 Å². The maximum atomic E-state index is 8.20. The van der Waals surface area contributed by atoms with Crippen molar-refractivity contribution in [1.82, 2.24) is 0 Å². The van der Waals surface area contributed by atoms with Crippen molar-refractivity contribution in [2.24, 2.45) is 0 Å². The van der Waals surface area contributed by atoms with Crippen LogP contribution in [0, 0.1) is 11.3 Å². The van der Waals surface area contributed by atoms with E-state index >= 15 is 0 Å². The van der Waals surface area contributed by atoms with Gasteiger partial charge in [-0.15, -0.1) is 0 Å². The van der Waals surface area contributed by atoms with Crippen molar-refractivity contribution in [3.05, 3.63) is 0 Å². The summed E-state index contributed by atoms with van der Waals surface area (Å²) >= 11 is 6.79. The molecule has 0 saturated heterocycles. The van der Waals surface area contributed by atoms with E-state index in [1.54, 1.807) is 0 Å². The van der Waals surface area contributed by atoms with E-state index in [9.17, 15) is 0 Å². The number of alkyl halides is 2. The van der Waals surface area contributed by atoms with Crippen LogP contribution in [0.15, 0.2) is 0 Å². The highest BCUT2D eigenvalue weighted by Crippen LogP contribution is 2.12. The molecule has 0 radical (unpaired) electrons. The molecule has 0 rings (SSSR count). The molecule has 0 heterocycles. The molecule has 0 aromatic heterocycles. The summed E-state index contributed by atoms with van der Waals surface area (Å²) in [6.45, 7) is 0. The first-order chi connectivity index (χ1) is 4.31. The van der Waals surface area contributed by atoms with E-state index in [-0.39, 0.29) is 0 Å². The quantitative estimate of drug-likeness (QED) is 0.708. The van der Waals surface area contributed by atoms with Gasteiger partial charge in [0.25, 0.3) is 0 Å². The smallest absolute Gasteiger partial charge is 0.0622 e. The highest BCUT2D eigenvalue weighted by atomic mass is 79.9. The van der Waals surface area contributed by atoms with Crippen LogP contribution in [0.2, 0.25) is 0 Å². The summed E-state index contributed by atoms with van der Waals surface area (Å²) in [5.41, 5.74) is 0. The third kappa shape index (κ3) is 6.33. The molecule has 0 aromatic rings. The lowest BCUT2D eigenvalue weighted by Crippen LogP contribution is -1.96. The second-order valence-corrected chi connectivity index (χ2v) is 3.86. The molecule has 9 heavy (non-hydrogen) atoms. The molecule has 52 valence electrons. The van der Waals surface area contributed by atoms with Crippen molar-refractivity contribution in [2.75, 3.05) is 5.33 Å².